The number of aromatic amines is 1. The molecule has 11 heteroatoms. The molecule has 0 saturated carbocycles. The number of pyridine rings is 1. The molecule has 1 aliphatic carbocycles. The normalized spacial score (nSPS) is 18.9. The number of nitrogens with one attached hydrogen (secondary N) is 3. The van der Waals surface area contributed by atoms with E-state index in [4.69, 9.17) is 0 Å². The zero-order valence-corrected chi connectivity index (χ0v) is 21.0. The van der Waals surface area contributed by atoms with Crippen molar-refractivity contribution in [2.45, 2.75) is 63.7 Å². The standard InChI is InChI=1S/C27H29F3N4O4/c1-3-15(2)22(33-21(35)13-16-7-4-5-12-31-16)24(36)34-26(25(37)38)11-10-20-18(14-26)17-8-6-9-19(23(17)32-20)27(28,29)30/h4-9,12,15,22,32H,3,10-11,13-14H2,1-2H3,(H,33,35)(H,34,36)(H,37,38). The van der Waals surface area contributed by atoms with E-state index >= 15 is 0 Å². The highest BCUT2D eigenvalue weighted by molar-refractivity contribution is 5.94. The van der Waals surface area contributed by atoms with E-state index in [2.05, 4.69) is 20.6 Å². The van der Waals surface area contributed by atoms with Crippen LogP contribution in [0.5, 0.6) is 0 Å². The van der Waals surface area contributed by atoms with Gasteiger partial charge in [0.2, 0.25) is 11.8 Å². The Hall–Kier alpha value is -3.89. The first kappa shape index (κ1) is 27.2. The summed E-state index contributed by atoms with van der Waals surface area (Å²) in [5.74, 6) is -2.69. The average Bonchev–Trinajstić information content (AvgIpc) is 3.24. The van der Waals surface area contributed by atoms with Gasteiger partial charge in [0.25, 0.3) is 0 Å². The fourth-order valence-electron chi connectivity index (χ4n) is 4.96. The summed E-state index contributed by atoms with van der Waals surface area (Å²) < 4.78 is 40.7. The Morgan fingerprint density at radius 3 is 2.58 bits per heavy atom. The summed E-state index contributed by atoms with van der Waals surface area (Å²) in [4.78, 5) is 45.6. The summed E-state index contributed by atoms with van der Waals surface area (Å²) in [6, 6.07) is 7.90. The molecule has 4 rings (SSSR count). The van der Waals surface area contributed by atoms with Crippen LogP contribution in [0, 0.1) is 5.92 Å². The summed E-state index contributed by atoms with van der Waals surface area (Å²) in [6.07, 6.45) is -2.63. The summed E-state index contributed by atoms with van der Waals surface area (Å²) in [5, 5.41) is 15.9. The molecule has 3 atom stereocenters. The van der Waals surface area contributed by atoms with Crippen LogP contribution in [0.1, 0.15) is 49.2 Å². The maximum atomic E-state index is 13.6. The zero-order valence-electron chi connectivity index (χ0n) is 21.0. The SMILES string of the molecule is CCC(C)C(NC(=O)Cc1ccccn1)C(=O)NC1(C(=O)O)CCc2[nH]c3c(C(F)(F)F)cccc3c2C1. The van der Waals surface area contributed by atoms with E-state index < -0.39 is 41.1 Å². The van der Waals surface area contributed by atoms with Gasteiger partial charge in [0.05, 0.1) is 17.5 Å². The molecule has 4 N–H and O–H groups in total. The molecule has 2 heterocycles. The zero-order chi connectivity index (χ0) is 27.7. The Morgan fingerprint density at radius 1 is 1.18 bits per heavy atom. The predicted octanol–water partition coefficient (Wildman–Crippen LogP) is 3.78. The molecule has 3 unspecified atom stereocenters. The first-order chi connectivity index (χ1) is 17.9. The minimum Gasteiger partial charge on any atom is -0.479 e. The lowest BCUT2D eigenvalue weighted by Crippen LogP contribution is -2.62. The Labute approximate surface area is 217 Å². The van der Waals surface area contributed by atoms with Crippen molar-refractivity contribution in [1.29, 1.82) is 0 Å². The first-order valence-electron chi connectivity index (χ1n) is 12.4. The molecule has 2 amide bonds. The van der Waals surface area contributed by atoms with Gasteiger partial charge >= 0.3 is 12.1 Å². The number of H-pyrrole nitrogens is 1. The van der Waals surface area contributed by atoms with Crippen molar-refractivity contribution >= 4 is 28.7 Å². The molecule has 8 nitrogen and oxygen atoms in total. The Balaban J connectivity index is 1.60. The molecule has 2 aromatic heterocycles. The van der Waals surface area contributed by atoms with E-state index in [1.165, 1.54) is 12.1 Å². The van der Waals surface area contributed by atoms with Crippen LogP contribution in [-0.4, -0.2) is 44.4 Å². The Morgan fingerprint density at radius 2 is 1.95 bits per heavy atom. The van der Waals surface area contributed by atoms with Crippen LogP contribution in [0.3, 0.4) is 0 Å². The Bertz CT molecular complexity index is 1360. The molecule has 0 saturated heterocycles. The quantitative estimate of drug-likeness (QED) is 0.353. The van der Waals surface area contributed by atoms with Crippen LogP contribution in [-0.2, 0) is 39.8 Å². The summed E-state index contributed by atoms with van der Waals surface area (Å²) in [7, 11) is 0. The number of carbonyl (C=O) groups excluding carboxylic acids is 2. The van der Waals surface area contributed by atoms with Crippen LogP contribution in [0.25, 0.3) is 10.9 Å². The van der Waals surface area contributed by atoms with E-state index in [-0.39, 0.29) is 42.5 Å². The molecule has 3 aromatic rings. The number of carbonyl (C=O) groups is 3. The number of benzene rings is 1. The Kier molecular flexibility index (Phi) is 7.48. The predicted molar refractivity (Wildman–Crippen MR) is 133 cm³/mol. The molecule has 1 aliphatic rings. The van der Waals surface area contributed by atoms with Crippen molar-refractivity contribution in [1.82, 2.24) is 20.6 Å². The fourth-order valence-corrected chi connectivity index (χ4v) is 4.96. The smallest absolute Gasteiger partial charge is 0.418 e. The van der Waals surface area contributed by atoms with Crippen molar-refractivity contribution in [2.24, 2.45) is 5.92 Å². The van der Waals surface area contributed by atoms with Gasteiger partial charge in [-0.1, -0.05) is 38.5 Å². The molecular formula is C27H29F3N4O4. The molecule has 202 valence electrons. The van der Waals surface area contributed by atoms with Crippen LogP contribution >= 0.6 is 0 Å². The number of halogens is 3. The van der Waals surface area contributed by atoms with Gasteiger partial charge in [0.15, 0.2) is 0 Å². The van der Waals surface area contributed by atoms with E-state index in [0.29, 0.717) is 23.4 Å². The van der Waals surface area contributed by atoms with E-state index in [0.717, 1.165) is 6.07 Å². The molecule has 38 heavy (non-hydrogen) atoms. The average molecular weight is 531 g/mol. The molecule has 0 radical (unpaired) electrons. The topological polar surface area (TPSA) is 124 Å². The number of aromatic nitrogens is 2. The number of nitrogens with zero attached hydrogens (tertiary/aromatic N) is 1. The molecule has 0 bridgehead atoms. The molecule has 0 fully saturated rings. The number of hydrogen-bond acceptors (Lipinski definition) is 4. The lowest BCUT2D eigenvalue weighted by atomic mass is 9.79. The maximum Gasteiger partial charge on any atom is 0.418 e. The summed E-state index contributed by atoms with van der Waals surface area (Å²) >= 11 is 0. The third-order valence-corrected chi connectivity index (χ3v) is 7.27. The van der Waals surface area contributed by atoms with Crippen LogP contribution in [0.4, 0.5) is 13.2 Å². The van der Waals surface area contributed by atoms with E-state index in [1.54, 1.807) is 31.3 Å². The van der Waals surface area contributed by atoms with Gasteiger partial charge in [-0.25, -0.2) is 4.79 Å². The summed E-state index contributed by atoms with van der Waals surface area (Å²) in [5.41, 5.74) is -1.21. The third kappa shape index (κ3) is 5.36. The van der Waals surface area contributed by atoms with E-state index in [1.807, 2.05) is 6.92 Å². The van der Waals surface area contributed by atoms with Gasteiger partial charge in [-0.2, -0.15) is 13.2 Å². The van der Waals surface area contributed by atoms with Gasteiger partial charge < -0.3 is 20.7 Å². The second-order valence-corrected chi connectivity index (χ2v) is 9.79. The lowest BCUT2D eigenvalue weighted by molar-refractivity contribution is -0.149. The van der Waals surface area contributed by atoms with Gasteiger partial charge in [0, 0.05) is 29.4 Å². The number of rotatable bonds is 8. The van der Waals surface area contributed by atoms with Crippen molar-refractivity contribution in [2.75, 3.05) is 0 Å². The highest BCUT2D eigenvalue weighted by Crippen LogP contribution is 2.40. The number of para-hydroxylation sites is 1. The number of fused-ring (bicyclic) bond motifs is 3. The fraction of sp³-hybridized carbons (Fsp3) is 0.407. The van der Waals surface area contributed by atoms with Gasteiger partial charge in [0.1, 0.15) is 11.6 Å². The largest absolute Gasteiger partial charge is 0.479 e. The number of carboxylic acid groups (broad SMARTS) is 1. The third-order valence-electron chi connectivity index (χ3n) is 7.27. The van der Waals surface area contributed by atoms with Gasteiger partial charge in [-0.05, 0) is 42.5 Å². The monoisotopic (exact) mass is 530 g/mol. The number of aryl methyl sites for hydroxylation is 1. The van der Waals surface area contributed by atoms with E-state index in [9.17, 15) is 32.7 Å². The van der Waals surface area contributed by atoms with Crippen molar-refractivity contribution in [3.8, 4) is 0 Å². The first-order valence-corrected chi connectivity index (χ1v) is 12.4. The number of amides is 2. The van der Waals surface area contributed by atoms with Gasteiger partial charge in [-0.15, -0.1) is 0 Å². The molecule has 1 aromatic carbocycles. The highest BCUT2D eigenvalue weighted by atomic mass is 19.4. The van der Waals surface area contributed by atoms with Crippen LogP contribution in [0.2, 0.25) is 0 Å². The highest BCUT2D eigenvalue weighted by Gasteiger charge is 2.46. The number of aliphatic carboxylic acids is 1. The lowest BCUT2D eigenvalue weighted by Gasteiger charge is -2.36. The van der Waals surface area contributed by atoms with Crippen molar-refractivity contribution < 1.29 is 32.7 Å². The number of carboxylic acids is 1. The second-order valence-electron chi connectivity index (χ2n) is 9.79. The minimum atomic E-state index is -4.58. The van der Waals surface area contributed by atoms with Crippen molar-refractivity contribution in [3.63, 3.8) is 0 Å². The second kappa shape index (κ2) is 10.5. The van der Waals surface area contributed by atoms with Crippen LogP contribution in [0.15, 0.2) is 42.6 Å². The van der Waals surface area contributed by atoms with Crippen LogP contribution < -0.4 is 10.6 Å². The maximum absolute atomic E-state index is 13.6. The number of hydrogen-bond donors (Lipinski definition) is 4. The van der Waals surface area contributed by atoms with Crippen molar-refractivity contribution in [3.05, 3.63) is 65.1 Å². The summed E-state index contributed by atoms with van der Waals surface area (Å²) in [6.45, 7) is 3.62. The molecule has 0 aliphatic heterocycles. The number of alkyl halides is 3. The molecular weight excluding hydrogens is 501 g/mol. The van der Waals surface area contributed by atoms with Gasteiger partial charge in [-0.3, -0.25) is 14.6 Å². The minimum absolute atomic E-state index is 0.0235. The molecule has 0 spiro atoms.